The molecule has 1 fully saturated rings. The molecule has 1 aliphatic rings. The Morgan fingerprint density at radius 2 is 1.94 bits per heavy atom. The number of benzene rings is 2. The summed E-state index contributed by atoms with van der Waals surface area (Å²) in [5.74, 6) is -2.45. The number of alkyl halides is 1. The number of methoxy groups -OCH3 is 1. The third kappa shape index (κ3) is 4.69. The Bertz CT molecular complexity index is 1370. The number of esters is 1. The van der Waals surface area contributed by atoms with Gasteiger partial charge in [0.2, 0.25) is 5.60 Å². The van der Waals surface area contributed by atoms with Crippen LogP contribution in [0.2, 0.25) is 0 Å². The van der Waals surface area contributed by atoms with Gasteiger partial charge in [-0.3, -0.25) is 9.78 Å². The van der Waals surface area contributed by atoms with Gasteiger partial charge < -0.3 is 30.6 Å². The fourth-order valence-corrected chi connectivity index (χ4v) is 3.52. The van der Waals surface area contributed by atoms with Crippen LogP contribution in [0.1, 0.15) is 23.7 Å². The maximum absolute atomic E-state index is 14.5. The predicted molar refractivity (Wildman–Crippen MR) is 124 cm³/mol. The van der Waals surface area contributed by atoms with Gasteiger partial charge in [0, 0.05) is 36.7 Å². The first-order chi connectivity index (χ1) is 17.2. The molecule has 0 bridgehead atoms. The Morgan fingerprint density at radius 1 is 1.19 bits per heavy atom. The standard InChI is InChI=1S/C24H22F2N4O6/c1-3-28-23(33)30-16-5-4-12(8-15(16)25)35-18-6-7-29-17-10-19(34-2)14(9-13(17)18)21(31)36-24(22(27)32)11-20(24)26/h4-10,20H,3,11H2,1-2H3,(H2,27,32)(H2,28,30,33). The van der Waals surface area contributed by atoms with Gasteiger partial charge in [-0.15, -0.1) is 0 Å². The Hall–Kier alpha value is -4.48. The predicted octanol–water partition coefficient (Wildman–Crippen LogP) is 3.44. The van der Waals surface area contributed by atoms with E-state index in [0.29, 0.717) is 17.4 Å². The van der Waals surface area contributed by atoms with Crippen molar-refractivity contribution in [3.05, 3.63) is 54.0 Å². The van der Waals surface area contributed by atoms with Crippen LogP contribution in [0.3, 0.4) is 0 Å². The molecular weight excluding hydrogens is 478 g/mol. The molecular formula is C24H22F2N4O6. The van der Waals surface area contributed by atoms with E-state index >= 15 is 0 Å². The molecule has 12 heteroatoms. The summed E-state index contributed by atoms with van der Waals surface area (Å²) in [4.78, 5) is 40.3. The molecule has 10 nitrogen and oxygen atoms in total. The molecule has 0 aliphatic heterocycles. The van der Waals surface area contributed by atoms with Gasteiger partial charge in [0.15, 0.2) is 6.17 Å². The molecule has 2 unspecified atom stereocenters. The minimum absolute atomic E-state index is 0.0442. The molecule has 3 aromatic rings. The van der Waals surface area contributed by atoms with Crippen molar-refractivity contribution in [3.8, 4) is 17.2 Å². The molecule has 0 radical (unpaired) electrons. The highest BCUT2D eigenvalue weighted by Crippen LogP contribution is 2.44. The molecule has 1 aromatic heterocycles. The largest absolute Gasteiger partial charge is 0.496 e. The van der Waals surface area contributed by atoms with Crippen molar-refractivity contribution < 1.29 is 37.4 Å². The number of nitrogens with zero attached hydrogens (tertiary/aromatic N) is 1. The molecule has 4 rings (SSSR count). The smallest absolute Gasteiger partial charge is 0.343 e. The van der Waals surface area contributed by atoms with E-state index in [1.54, 1.807) is 6.92 Å². The maximum Gasteiger partial charge on any atom is 0.343 e. The summed E-state index contributed by atoms with van der Waals surface area (Å²) in [6.07, 6.45) is -0.571. The van der Waals surface area contributed by atoms with Crippen molar-refractivity contribution in [2.75, 3.05) is 19.0 Å². The lowest BCUT2D eigenvalue weighted by molar-refractivity contribution is -0.130. The second-order valence-corrected chi connectivity index (χ2v) is 7.92. The van der Waals surface area contributed by atoms with E-state index in [9.17, 15) is 23.2 Å². The van der Waals surface area contributed by atoms with Crippen LogP contribution in [0.15, 0.2) is 42.6 Å². The molecule has 188 valence electrons. The van der Waals surface area contributed by atoms with Gasteiger partial charge in [-0.2, -0.15) is 0 Å². The van der Waals surface area contributed by atoms with Crippen molar-refractivity contribution >= 4 is 34.5 Å². The number of hydrogen-bond acceptors (Lipinski definition) is 7. The normalized spacial score (nSPS) is 18.3. The maximum atomic E-state index is 14.5. The molecule has 1 heterocycles. The van der Waals surface area contributed by atoms with Gasteiger partial charge in [-0.1, -0.05) is 0 Å². The SMILES string of the molecule is CCNC(=O)Nc1ccc(Oc2ccnc3cc(OC)c(C(=O)OC4(C(N)=O)CC4F)cc23)cc1F. The first kappa shape index (κ1) is 24.6. The number of anilines is 1. The third-order valence-electron chi connectivity index (χ3n) is 5.52. The second kappa shape index (κ2) is 9.64. The van der Waals surface area contributed by atoms with E-state index in [-0.39, 0.29) is 34.9 Å². The fraction of sp³-hybridized carbons (Fsp3) is 0.250. The summed E-state index contributed by atoms with van der Waals surface area (Å²) in [6.45, 7) is 2.11. The highest BCUT2D eigenvalue weighted by molar-refractivity contribution is 6.01. The van der Waals surface area contributed by atoms with Crippen LogP contribution in [0, 0.1) is 5.82 Å². The number of halogens is 2. The van der Waals surface area contributed by atoms with Gasteiger partial charge in [-0.05, 0) is 31.2 Å². The summed E-state index contributed by atoms with van der Waals surface area (Å²) in [7, 11) is 1.32. The summed E-state index contributed by atoms with van der Waals surface area (Å²) >= 11 is 0. The number of carbonyl (C=O) groups is 3. The van der Waals surface area contributed by atoms with E-state index in [1.807, 2.05) is 0 Å². The molecule has 2 atom stereocenters. The Labute approximate surface area is 203 Å². The van der Waals surface area contributed by atoms with E-state index in [1.165, 1.54) is 43.6 Å². The number of rotatable bonds is 8. The zero-order chi connectivity index (χ0) is 26.0. The van der Waals surface area contributed by atoms with E-state index in [4.69, 9.17) is 19.9 Å². The number of hydrogen-bond donors (Lipinski definition) is 3. The zero-order valence-corrected chi connectivity index (χ0v) is 19.3. The lowest BCUT2D eigenvalue weighted by Gasteiger charge is -2.16. The van der Waals surface area contributed by atoms with E-state index < -0.39 is 35.5 Å². The van der Waals surface area contributed by atoms with Crippen molar-refractivity contribution in [2.45, 2.75) is 25.1 Å². The van der Waals surface area contributed by atoms with Crippen molar-refractivity contribution in [1.82, 2.24) is 10.3 Å². The van der Waals surface area contributed by atoms with Crippen LogP contribution in [0.5, 0.6) is 17.2 Å². The summed E-state index contributed by atoms with van der Waals surface area (Å²) < 4.78 is 44.5. The molecule has 4 N–H and O–H groups in total. The highest BCUT2D eigenvalue weighted by atomic mass is 19.1. The first-order valence-corrected chi connectivity index (χ1v) is 10.8. The second-order valence-electron chi connectivity index (χ2n) is 7.92. The van der Waals surface area contributed by atoms with Gasteiger partial charge in [0.05, 0.1) is 18.3 Å². The Morgan fingerprint density at radius 3 is 2.56 bits per heavy atom. The molecule has 3 amide bonds. The Balaban J connectivity index is 1.65. The number of carbonyl (C=O) groups excluding carboxylic acids is 3. The summed E-state index contributed by atoms with van der Waals surface area (Å²) in [5.41, 5.74) is 3.41. The lowest BCUT2D eigenvalue weighted by Crippen LogP contribution is -2.37. The van der Waals surface area contributed by atoms with Crippen LogP contribution < -0.4 is 25.8 Å². The Kier molecular flexibility index (Phi) is 6.60. The summed E-state index contributed by atoms with van der Waals surface area (Å²) in [6, 6.07) is 7.59. The molecule has 1 saturated carbocycles. The number of fused-ring (bicyclic) bond motifs is 1. The number of ether oxygens (including phenoxy) is 3. The van der Waals surface area contributed by atoms with Crippen molar-refractivity contribution in [3.63, 3.8) is 0 Å². The van der Waals surface area contributed by atoms with Gasteiger partial charge in [-0.25, -0.2) is 18.4 Å². The van der Waals surface area contributed by atoms with Gasteiger partial charge >= 0.3 is 12.0 Å². The first-order valence-electron chi connectivity index (χ1n) is 10.8. The van der Waals surface area contributed by atoms with Crippen LogP contribution in [-0.2, 0) is 9.53 Å². The number of urea groups is 1. The van der Waals surface area contributed by atoms with Crippen LogP contribution >= 0.6 is 0 Å². The monoisotopic (exact) mass is 500 g/mol. The highest BCUT2D eigenvalue weighted by Gasteiger charge is 2.64. The summed E-state index contributed by atoms with van der Waals surface area (Å²) in [5, 5.41) is 5.21. The van der Waals surface area contributed by atoms with Gasteiger partial charge in [0.1, 0.15) is 28.6 Å². The number of nitrogens with two attached hydrogens (primary N) is 1. The number of primary amides is 1. The average molecular weight is 500 g/mol. The molecule has 2 aromatic carbocycles. The fourth-order valence-electron chi connectivity index (χ4n) is 3.52. The number of nitrogens with one attached hydrogen (secondary N) is 2. The third-order valence-corrected chi connectivity index (χ3v) is 5.52. The van der Waals surface area contributed by atoms with E-state index in [2.05, 4.69) is 15.6 Å². The van der Waals surface area contributed by atoms with E-state index in [0.717, 1.165) is 6.07 Å². The molecule has 0 saturated heterocycles. The number of aromatic nitrogens is 1. The average Bonchev–Trinajstić information content (AvgIpc) is 3.50. The topological polar surface area (TPSA) is 142 Å². The zero-order valence-electron chi connectivity index (χ0n) is 19.3. The molecule has 1 aliphatic carbocycles. The minimum Gasteiger partial charge on any atom is -0.496 e. The quantitative estimate of drug-likeness (QED) is 0.402. The van der Waals surface area contributed by atoms with Crippen LogP contribution in [-0.4, -0.2) is 48.3 Å². The molecule has 36 heavy (non-hydrogen) atoms. The van der Waals surface area contributed by atoms with Gasteiger partial charge in [0.25, 0.3) is 5.91 Å². The minimum atomic E-state index is -2.01. The van der Waals surface area contributed by atoms with Crippen molar-refractivity contribution in [1.29, 1.82) is 0 Å². The van der Waals surface area contributed by atoms with Crippen molar-refractivity contribution in [2.24, 2.45) is 5.73 Å². The number of pyridine rings is 1. The van der Waals surface area contributed by atoms with Crippen LogP contribution in [0.25, 0.3) is 10.9 Å². The number of amides is 3. The lowest BCUT2D eigenvalue weighted by atomic mass is 10.1. The van der Waals surface area contributed by atoms with Crippen LogP contribution in [0.4, 0.5) is 19.3 Å². The molecule has 0 spiro atoms.